The van der Waals surface area contributed by atoms with E-state index in [0.29, 0.717) is 5.71 Å². The van der Waals surface area contributed by atoms with Gasteiger partial charge in [-0.15, -0.1) is 0 Å². The molecule has 0 amide bonds. The highest BCUT2D eigenvalue weighted by Crippen LogP contribution is 2.25. The Labute approximate surface area is 112 Å². The number of carbonyl (C=O) groups excluding carboxylic acids is 1. The van der Waals surface area contributed by atoms with Crippen molar-refractivity contribution in [1.82, 2.24) is 5.32 Å². The number of hydrogen-bond donors (Lipinski definition) is 1. The lowest BCUT2D eigenvalue weighted by Gasteiger charge is -2.14. The number of rotatable bonds is 2. The van der Waals surface area contributed by atoms with E-state index in [1.807, 2.05) is 30.3 Å². The van der Waals surface area contributed by atoms with Crippen molar-refractivity contribution in [3.63, 3.8) is 0 Å². The normalized spacial score (nSPS) is 22.9. The third-order valence-corrected chi connectivity index (χ3v) is 3.45. The molecule has 0 saturated carbocycles. The van der Waals surface area contributed by atoms with E-state index >= 15 is 0 Å². The topological polar surface area (TPSA) is 50.7 Å². The molecule has 0 saturated heterocycles. The summed E-state index contributed by atoms with van der Waals surface area (Å²) in [5.74, 6) is -0.694. The molecule has 1 atom stereocenters. The van der Waals surface area contributed by atoms with Crippen LogP contribution in [-0.2, 0) is 9.63 Å². The number of nitrogens with one attached hydrogen (secondary N) is 1. The van der Waals surface area contributed by atoms with Crippen LogP contribution in [0.15, 0.2) is 47.3 Å². The smallest absolute Gasteiger partial charge is 0.350 e. The molecule has 4 nitrogen and oxygen atoms in total. The fraction of sp³-hybridized carbons (Fsp3) is 0.333. The Balaban J connectivity index is 1.92. The van der Waals surface area contributed by atoms with Gasteiger partial charge in [-0.1, -0.05) is 41.6 Å². The number of oxime groups is 1. The van der Waals surface area contributed by atoms with Gasteiger partial charge in [-0.25, -0.2) is 4.79 Å². The number of carbonyl (C=O) groups is 1. The first kappa shape index (κ1) is 12.0. The van der Waals surface area contributed by atoms with E-state index < -0.39 is 5.92 Å². The lowest BCUT2D eigenvalue weighted by molar-refractivity contribution is -0.142. The summed E-state index contributed by atoms with van der Waals surface area (Å²) in [6, 6.07) is 9.72. The van der Waals surface area contributed by atoms with E-state index in [1.54, 1.807) is 0 Å². The van der Waals surface area contributed by atoms with Gasteiger partial charge in [0.05, 0.1) is 0 Å². The summed E-state index contributed by atoms with van der Waals surface area (Å²) in [6.07, 6.45) is 5.37. The Morgan fingerprint density at radius 3 is 2.89 bits per heavy atom. The number of nitrogens with zero attached hydrogens (tertiary/aromatic N) is 1. The predicted molar refractivity (Wildman–Crippen MR) is 72.5 cm³/mol. The fourth-order valence-corrected chi connectivity index (χ4v) is 2.47. The van der Waals surface area contributed by atoms with Crippen molar-refractivity contribution in [3.05, 3.63) is 47.7 Å². The van der Waals surface area contributed by atoms with Gasteiger partial charge >= 0.3 is 5.97 Å². The molecule has 0 fully saturated rings. The third kappa shape index (κ3) is 2.38. The average Bonchev–Trinajstić information content (AvgIpc) is 2.66. The second-order valence-corrected chi connectivity index (χ2v) is 4.77. The van der Waals surface area contributed by atoms with Crippen molar-refractivity contribution in [2.45, 2.75) is 19.3 Å². The minimum absolute atomic E-state index is 0.292. The quantitative estimate of drug-likeness (QED) is 0.825. The zero-order chi connectivity index (χ0) is 13.1. The average molecular weight is 256 g/mol. The molecule has 0 aromatic heterocycles. The third-order valence-electron chi connectivity index (χ3n) is 3.45. The first-order valence-electron chi connectivity index (χ1n) is 6.64. The molecule has 0 spiro atoms. The van der Waals surface area contributed by atoms with Gasteiger partial charge in [0.25, 0.3) is 0 Å². The highest BCUT2D eigenvalue weighted by molar-refractivity contribution is 6.16. The Morgan fingerprint density at radius 2 is 2.05 bits per heavy atom. The zero-order valence-corrected chi connectivity index (χ0v) is 10.6. The van der Waals surface area contributed by atoms with Crippen LogP contribution in [0.2, 0.25) is 0 Å². The summed E-state index contributed by atoms with van der Waals surface area (Å²) in [7, 11) is 0. The highest BCUT2D eigenvalue weighted by atomic mass is 16.7. The second-order valence-electron chi connectivity index (χ2n) is 4.77. The zero-order valence-electron chi connectivity index (χ0n) is 10.6. The summed E-state index contributed by atoms with van der Waals surface area (Å²) in [6.45, 7) is 0.900. The van der Waals surface area contributed by atoms with Crippen LogP contribution in [0, 0.1) is 5.92 Å². The summed E-state index contributed by atoms with van der Waals surface area (Å²) >= 11 is 0. The van der Waals surface area contributed by atoms with E-state index in [9.17, 15) is 4.79 Å². The molecule has 19 heavy (non-hydrogen) atoms. The van der Waals surface area contributed by atoms with Gasteiger partial charge < -0.3 is 10.2 Å². The van der Waals surface area contributed by atoms with Gasteiger partial charge in [0.2, 0.25) is 0 Å². The molecule has 0 aliphatic carbocycles. The first-order chi connectivity index (χ1) is 9.36. The molecule has 1 aromatic carbocycles. The van der Waals surface area contributed by atoms with E-state index in [1.165, 1.54) is 0 Å². The molecular weight excluding hydrogens is 240 g/mol. The van der Waals surface area contributed by atoms with Crippen molar-refractivity contribution >= 4 is 11.7 Å². The summed E-state index contributed by atoms with van der Waals surface area (Å²) in [5, 5.41) is 7.29. The van der Waals surface area contributed by atoms with E-state index in [-0.39, 0.29) is 5.97 Å². The number of benzene rings is 1. The van der Waals surface area contributed by atoms with Gasteiger partial charge in [-0.3, -0.25) is 0 Å². The van der Waals surface area contributed by atoms with Crippen LogP contribution < -0.4 is 5.32 Å². The van der Waals surface area contributed by atoms with Crippen molar-refractivity contribution in [2.75, 3.05) is 6.54 Å². The summed E-state index contributed by atoms with van der Waals surface area (Å²) < 4.78 is 0. The maximum absolute atomic E-state index is 12.0. The monoisotopic (exact) mass is 256 g/mol. The Bertz CT molecular complexity index is 534. The second kappa shape index (κ2) is 5.26. The van der Waals surface area contributed by atoms with Crippen LogP contribution in [0.1, 0.15) is 24.8 Å². The molecule has 0 unspecified atom stereocenters. The SMILES string of the molecule is O=C1ON=C(c2ccccc2)[C@H]1C1=CCCCCN1. The largest absolute Gasteiger partial charge is 0.388 e. The summed E-state index contributed by atoms with van der Waals surface area (Å²) in [4.78, 5) is 16.8. The number of hydrogen-bond acceptors (Lipinski definition) is 4. The fourth-order valence-electron chi connectivity index (χ4n) is 2.47. The Kier molecular flexibility index (Phi) is 3.31. The standard InChI is InChI=1S/C15H16N2O2/c18-15-13(12-9-5-2-6-10-16-12)14(17-19-15)11-7-3-1-4-8-11/h1,3-4,7-9,13,16H,2,5-6,10H2/t13-/m1/s1. The van der Waals surface area contributed by atoms with Crippen LogP contribution >= 0.6 is 0 Å². The van der Waals surface area contributed by atoms with Gasteiger partial charge in [0.15, 0.2) is 0 Å². The van der Waals surface area contributed by atoms with Gasteiger partial charge in [-0.05, 0) is 19.3 Å². The molecule has 2 aliphatic heterocycles. The van der Waals surface area contributed by atoms with E-state index in [2.05, 4.69) is 16.5 Å². The van der Waals surface area contributed by atoms with Crippen molar-refractivity contribution in [3.8, 4) is 0 Å². The van der Waals surface area contributed by atoms with Crippen molar-refractivity contribution in [1.29, 1.82) is 0 Å². The van der Waals surface area contributed by atoms with Crippen LogP contribution in [0.3, 0.4) is 0 Å². The predicted octanol–water partition coefficient (Wildman–Crippen LogP) is 2.22. The Hall–Kier alpha value is -2.10. The van der Waals surface area contributed by atoms with E-state index in [0.717, 1.165) is 37.1 Å². The van der Waals surface area contributed by atoms with Gasteiger partial charge in [0, 0.05) is 17.8 Å². The first-order valence-corrected chi connectivity index (χ1v) is 6.64. The van der Waals surface area contributed by atoms with Crippen LogP contribution in [0.4, 0.5) is 0 Å². The lowest BCUT2D eigenvalue weighted by Crippen LogP contribution is -2.29. The van der Waals surface area contributed by atoms with Crippen LogP contribution in [0.25, 0.3) is 0 Å². The molecule has 98 valence electrons. The minimum atomic E-state index is -0.402. The molecule has 3 rings (SSSR count). The summed E-state index contributed by atoms with van der Waals surface area (Å²) in [5.41, 5.74) is 2.57. The van der Waals surface area contributed by atoms with Crippen LogP contribution in [-0.4, -0.2) is 18.2 Å². The maximum atomic E-state index is 12.0. The Morgan fingerprint density at radius 1 is 1.21 bits per heavy atom. The molecule has 4 heteroatoms. The molecule has 0 bridgehead atoms. The molecular formula is C15H16N2O2. The molecule has 2 aliphatic rings. The van der Waals surface area contributed by atoms with E-state index in [4.69, 9.17) is 4.84 Å². The lowest BCUT2D eigenvalue weighted by atomic mass is 9.93. The van der Waals surface area contributed by atoms with Gasteiger partial charge in [0.1, 0.15) is 11.6 Å². The highest BCUT2D eigenvalue weighted by Gasteiger charge is 2.36. The molecule has 1 aromatic rings. The minimum Gasteiger partial charge on any atom is -0.388 e. The van der Waals surface area contributed by atoms with Crippen molar-refractivity contribution < 1.29 is 9.63 Å². The molecule has 1 N–H and O–H groups in total. The maximum Gasteiger partial charge on any atom is 0.350 e. The molecule has 0 radical (unpaired) electrons. The van der Waals surface area contributed by atoms with Crippen molar-refractivity contribution in [2.24, 2.45) is 11.1 Å². The van der Waals surface area contributed by atoms with Crippen LogP contribution in [0.5, 0.6) is 0 Å². The molecule has 2 heterocycles. The van der Waals surface area contributed by atoms with Gasteiger partial charge in [-0.2, -0.15) is 0 Å². The number of allylic oxidation sites excluding steroid dienone is 1.